The van der Waals surface area contributed by atoms with E-state index in [1.165, 1.54) is 32.1 Å². The lowest BCUT2D eigenvalue weighted by atomic mass is 9.40. The van der Waals surface area contributed by atoms with Crippen LogP contribution in [0.5, 0.6) is 0 Å². The first-order valence-electron chi connectivity index (χ1n) is 19.1. The highest BCUT2D eigenvalue weighted by atomic mass is 35.5. The third kappa shape index (κ3) is 6.67. The minimum Gasteiger partial charge on any atom is -0.481 e. The van der Waals surface area contributed by atoms with E-state index in [1.54, 1.807) is 37.3 Å². The van der Waals surface area contributed by atoms with E-state index in [0.29, 0.717) is 52.1 Å². The molecule has 0 amide bonds. The zero-order valence-corrected chi connectivity index (χ0v) is 32.2. The third-order valence-electron chi connectivity index (χ3n) is 14.2. The Hall–Kier alpha value is -2.74. The van der Waals surface area contributed by atoms with Gasteiger partial charge in [0, 0.05) is 18.0 Å². The van der Waals surface area contributed by atoms with Crippen molar-refractivity contribution in [3.63, 3.8) is 0 Å². The minimum absolute atomic E-state index is 0.0704. The van der Waals surface area contributed by atoms with E-state index < -0.39 is 17.4 Å². The zero-order chi connectivity index (χ0) is 36.2. The fourth-order valence-corrected chi connectivity index (χ4v) is 11.3. The first-order valence-corrected chi connectivity index (χ1v) is 19.5. The Bertz CT molecular complexity index is 1620. The molecule has 0 aliphatic heterocycles. The van der Waals surface area contributed by atoms with Crippen molar-refractivity contribution < 1.29 is 23.8 Å². The zero-order valence-electron chi connectivity index (χ0n) is 31.5. The summed E-state index contributed by atoms with van der Waals surface area (Å²) in [6.45, 7) is 17.5. The summed E-state index contributed by atoms with van der Waals surface area (Å²) in [6, 6.07) is 3.63. The molecule has 3 saturated carbocycles. The first-order chi connectivity index (χ1) is 23.5. The minimum atomic E-state index is -1.13. The fraction of sp³-hybridized carbons (Fsp3) is 0.732. The second-order valence-electron chi connectivity index (χ2n) is 18.0. The lowest BCUT2D eigenvalue weighted by Crippen LogP contribution is -2.57. The standard InChI is InChI=1S/C41H58ClN3O5/c1-24(2)28-15-19-41(21-33-44-45-36(50-33)31-11-9-27(42)23-43-31)20-16-30-29(35(28)41)10-12-32-39(7,25(3)13-17-40(30,32)8)18-14-26(4)49-34(46)22-38(5,6)37(47)48/h9,11,23-26,29-30,32H,10,12-22H2,1-8H3,(H,47,48). The van der Waals surface area contributed by atoms with E-state index in [4.69, 9.17) is 20.8 Å². The fourth-order valence-electron chi connectivity index (χ4n) is 11.2. The van der Waals surface area contributed by atoms with Crippen LogP contribution in [0.3, 0.4) is 0 Å². The second kappa shape index (κ2) is 13.7. The van der Waals surface area contributed by atoms with Crippen LogP contribution in [0.1, 0.15) is 132 Å². The Morgan fingerprint density at radius 3 is 2.52 bits per heavy atom. The maximum absolute atomic E-state index is 12.7. The van der Waals surface area contributed by atoms with Gasteiger partial charge in [0.05, 0.1) is 23.0 Å². The number of hydrogen-bond acceptors (Lipinski definition) is 7. The Kier molecular flexibility index (Phi) is 10.1. The van der Waals surface area contributed by atoms with Crippen LogP contribution in [0.4, 0.5) is 0 Å². The topological polar surface area (TPSA) is 115 Å². The number of pyridine rings is 1. The van der Waals surface area contributed by atoms with Crippen LogP contribution < -0.4 is 0 Å². The van der Waals surface area contributed by atoms with E-state index >= 15 is 0 Å². The molecule has 0 bridgehead atoms. The van der Waals surface area contributed by atoms with Gasteiger partial charge in [0.15, 0.2) is 0 Å². The number of carboxylic acid groups (broad SMARTS) is 1. The number of rotatable bonds is 11. The van der Waals surface area contributed by atoms with Gasteiger partial charge in [-0.05, 0) is 138 Å². The number of carbonyl (C=O) groups excluding carboxylic acids is 1. The molecular weight excluding hydrogens is 650 g/mol. The van der Waals surface area contributed by atoms with Crippen molar-refractivity contribution in [2.75, 3.05) is 0 Å². The van der Waals surface area contributed by atoms with E-state index in [2.05, 4.69) is 49.8 Å². The summed E-state index contributed by atoms with van der Waals surface area (Å²) < 4.78 is 12.1. The molecule has 4 aliphatic rings. The quantitative estimate of drug-likeness (QED) is 0.181. The Labute approximate surface area is 303 Å². The molecule has 4 aliphatic carbocycles. The second-order valence-corrected chi connectivity index (χ2v) is 18.4. The number of esters is 1. The first kappa shape index (κ1) is 37.0. The summed E-state index contributed by atoms with van der Waals surface area (Å²) in [7, 11) is 0. The van der Waals surface area contributed by atoms with Crippen LogP contribution in [0.15, 0.2) is 33.9 Å². The molecule has 2 aromatic heterocycles. The predicted molar refractivity (Wildman–Crippen MR) is 194 cm³/mol. The summed E-state index contributed by atoms with van der Waals surface area (Å²) in [4.78, 5) is 28.6. The van der Waals surface area contributed by atoms with E-state index in [-0.39, 0.29) is 28.8 Å². The van der Waals surface area contributed by atoms with Crippen molar-refractivity contribution >= 4 is 23.5 Å². The van der Waals surface area contributed by atoms with Crippen molar-refractivity contribution in [3.05, 3.63) is 40.4 Å². The highest BCUT2D eigenvalue weighted by Gasteiger charge is 2.62. The smallest absolute Gasteiger partial charge is 0.309 e. The molecule has 2 heterocycles. The summed E-state index contributed by atoms with van der Waals surface area (Å²) in [5.41, 5.74) is 3.39. The molecule has 274 valence electrons. The van der Waals surface area contributed by atoms with Crippen molar-refractivity contribution in [1.82, 2.24) is 15.2 Å². The summed E-state index contributed by atoms with van der Waals surface area (Å²) in [5.74, 6) is 2.70. The molecule has 3 fully saturated rings. The van der Waals surface area contributed by atoms with Gasteiger partial charge in [-0.25, -0.2) is 4.98 Å². The van der Waals surface area contributed by atoms with Gasteiger partial charge in [0.1, 0.15) is 5.69 Å². The molecule has 1 N–H and O–H groups in total. The Morgan fingerprint density at radius 1 is 1.08 bits per heavy atom. The Balaban J connectivity index is 1.20. The van der Waals surface area contributed by atoms with Crippen molar-refractivity contribution in [2.24, 2.45) is 51.2 Å². The van der Waals surface area contributed by atoms with Crippen LogP contribution >= 0.6 is 11.6 Å². The Morgan fingerprint density at radius 2 is 1.84 bits per heavy atom. The number of fused-ring (bicyclic) bond motifs is 5. The van der Waals surface area contributed by atoms with Gasteiger partial charge in [0.2, 0.25) is 5.89 Å². The molecule has 8 atom stereocenters. The van der Waals surface area contributed by atoms with Crippen LogP contribution in [0, 0.1) is 51.2 Å². The number of aromatic nitrogens is 3. The number of hydrogen-bond donors (Lipinski definition) is 1. The number of aliphatic carboxylic acids is 1. The molecule has 0 aromatic carbocycles. The van der Waals surface area contributed by atoms with Gasteiger partial charge in [-0.3, -0.25) is 9.59 Å². The van der Waals surface area contributed by atoms with Gasteiger partial charge in [-0.15, -0.1) is 10.2 Å². The monoisotopic (exact) mass is 707 g/mol. The van der Waals surface area contributed by atoms with Gasteiger partial charge >= 0.3 is 11.9 Å². The van der Waals surface area contributed by atoms with Crippen molar-refractivity contribution in [2.45, 2.75) is 139 Å². The van der Waals surface area contributed by atoms with E-state index in [0.717, 1.165) is 38.5 Å². The number of carboxylic acids is 1. The van der Waals surface area contributed by atoms with Gasteiger partial charge < -0.3 is 14.3 Å². The average Bonchev–Trinajstić information content (AvgIpc) is 3.67. The van der Waals surface area contributed by atoms with Gasteiger partial charge in [0.25, 0.3) is 5.89 Å². The summed E-state index contributed by atoms with van der Waals surface area (Å²) in [6.07, 6.45) is 13.5. The highest BCUT2D eigenvalue weighted by molar-refractivity contribution is 6.30. The van der Waals surface area contributed by atoms with Crippen LogP contribution in [-0.2, 0) is 20.7 Å². The summed E-state index contributed by atoms with van der Waals surface area (Å²) in [5, 5.41) is 19.0. The van der Waals surface area contributed by atoms with Gasteiger partial charge in [-0.1, -0.05) is 57.4 Å². The van der Waals surface area contributed by atoms with E-state index in [9.17, 15) is 14.7 Å². The number of nitrogens with zero attached hydrogens (tertiary/aromatic N) is 3. The molecule has 50 heavy (non-hydrogen) atoms. The molecule has 9 heteroatoms. The molecule has 2 aromatic rings. The molecule has 0 spiro atoms. The van der Waals surface area contributed by atoms with Crippen molar-refractivity contribution in [1.29, 1.82) is 0 Å². The average molecular weight is 708 g/mol. The largest absolute Gasteiger partial charge is 0.481 e. The van der Waals surface area contributed by atoms with E-state index in [1.807, 2.05) is 13.0 Å². The number of halogens is 1. The molecule has 0 radical (unpaired) electrons. The van der Waals surface area contributed by atoms with Crippen LogP contribution in [-0.4, -0.2) is 38.3 Å². The number of ether oxygens (including phenoxy) is 1. The van der Waals surface area contributed by atoms with Crippen molar-refractivity contribution in [3.8, 4) is 11.6 Å². The molecule has 0 saturated heterocycles. The molecular formula is C41H58ClN3O5. The SMILES string of the molecule is CC(CCC1(C)C(C)CCC2(C)C3CCC4(Cc5nnc(-c6ccc(Cl)cn6)o5)CCC(C(C)C)=C4C3CCC12)OC(=O)CC(C)(C)C(=O)O. The van der Waals surface area contributed by atoms with Crippen LogP contribution in [0.25, 0.3) is 11.6 Å². The lowest BCUT2D eigenvalue weighted by Gasteiger charge is -2.65. The lowest BCUT2D eigenvalue weighted by molar-refractivity contribution is -0.160. The number of carbonyl (C=O) groups is 2. The highest BCUT2D eigenvalue weighted by Crippen LogP contribution is 2.70. The van der Waals surface area contributed by atoms with Crippen LogP contribution in [0.2, 0.25) is 5.02 Å². The molecule has 8 unspecified atom stereocenters. The maximum atomic E-state index is 12.7. The predicted octanol–water partition coefficient (Wildman–Crippen LogP) is 10.2. The number of allylic oxidation sites excluding steroid dienone is 2. The van der Waals surface area contributed by atoms with Gasteiger partial charge in [-0.2, -0.15) is 0 Å². The molecule has 8 nitrogen and oxygen atoms in total. The third-order valence-corrected chi connectivity index (χ3v) is 14.4. The maximum Gasteiger partial charge on any atom is 0.309 e. The molecule has 6 rings (SSSR count). The normalized spacial score (nSPS) is 33.1. The summed E-state index contributed by atoms with van der Waals surface area (Å²) >= 11 is 6.07.